The van der Waals surface area contributed by atoms with Crippen LogP contribution >= 0.6 is 0 Å². The Morgan fingerprint density at radius 2 is 1.20 bits per heavy atom. The maximum absolute atomic E-state index is 6.10. The fourth-order valence-corrected chi connectivity index (χ4v) is 2.69. The molecule has 134 valence electrons. The lowest BCUT2D eigenvalue weighted by atomic mass is 10.4. The first-order valence-corrected chi connectivity index (χ1v) is 8.65. The van der Waals surface area contributed by atoms with Gasteiger partial charge in [-0.05, 0) is 25.0 Å². The van der Waals surface area contributed by atoms with E-state index in [1.807, 2.05) is 9.80 Å². The zero-order chi connectivity index (χ0) is 17.5. The van der Waals surface area contributed by atoms with Crippen LogP contribution in [0, 0.1) is 0 Å². The van der Waals surface area contributed by atoms with Crippen molar-refractivity contribution in [3.05, 3.63) is 36.9 Å². The van der Waals surface area contributed by atoms with Crippen molar-refractivity contribution in [2.24, 2.45) is 0 Å². The number of hydrogen-bond acceptors (Lipinski definition) is 8. The number of rotatable bonds is 8. The lowest BCUT2D eigenvalue weighted by Gasteiger charge is -2.27. The van der Waals surface area contributed by atoms with Crippen molar-refractivity contribution < 1.29 is 9.47 Å². The van der Waals surface area contributed by atoms with Crippen LogP contribution in [0.15, 0.2) is 36.9 Å². The highest BCUT2D eigenvalue weighted by Gasteiger charge is 2.44. The van der Waals surface area contributed by atoms with E-state index in [0.29, 0.717) is 31.8 Å². The van der Waals surface area contributed by atoms with Crippen molar-refractivity contribution in [1.29, 1.82) is 0 Å². The van der Waals surface area contributed by atoms with Gasteiger partial charge in [0, 0.05) is 38.0 Å². The van der Waals surface area contributed by atoms with E-state index in [4.69, 9.17) is 9.47 Å². The summed E-state index contributed by atoms with van der Waals surface area (Å²) < 4.78 is 12.2. The number of anilines is 2. The van der Waals surface area contributed by atoms with Crippen molar-refractivity contribution in [2.75, 3.05) is 29.7 Å². The smallest absolute Gasteiger partial charge is 0.228 e. The molecule has 0 amide bonds. The molecule has 25 heavy (non-hydrogen) atoms. The average Bonchev–Trinajstić information content (AvgIpc) is 3.04. The first-order chi connectivity index (χ1) is 12.3. The van der Waals surface area contributed by atoms with Gasteiger partial charge >= 0.3 is 0 Å². The number of hydrogen-bond donors (Lipinski definition) is 0. The normalized spacial score (nSPS) is 20.2. The molecule has 2 aromatic heterocycles. The highest BCUT2D eigenvalue weighted by Crippen LogP contribution is 2.29. The fourth-order valence-electron chi connectivity index (χ4n) is 2.69. The topological polar surface area (TPSA) is 76.5 Å². The Hall–Kier alpha value is -2.32. The molecule has 1 fully saturated rings. The Morgan fingerprint density at radius 1 is 0.800 bits per heavy atom. The molecule has 1 aliphatic heterocycles. The molecule has 1 saturated heterocycles. The minimum Gasteiger partial charge on any atom is -0.353 e. The predicted octanol–water partition coefficient (Wildman–Crippen LogP) is 2.06. The Labute approximate surface area is 147 Å². The molecule has 3 rings (SSSR count). The molecule has 2 aromatic rings. The predicted molar refractivity (Wildman–Crippen MR) is 94.0 cm³/mol. The Balaban J connectivity index is 1.91. The van der Waals surface area contributed by atoms with E-state index < -0.39 is 0 Å². The third-order valence-electron chi connectivity index (χ3n) is 3.77. The van der Waals surface area contributed by atoms with E-state index in [0.717, 1.165) is 12.8 Å². The third kappa shape index (κ3) is 4.02. The van der Waals surface area contributed by atoms with Gasteiger partial charge in [0.25, 0.3) is 0 Å². The van der Waals surface area contributed by atoms with Crippen LogP contribution in [0.1, 0.15) is 26.7 Å². The second-order valence-corrected chi connectivity index (χ2v) is 5.70. The summed E-state index contributed by atoms with van der Waals surface area (Å²) in [7, 11) is 0. The van der Waals surface area contributed by atoms with Gasteiger partial charge in [-0.15, -0.1) is 0 Å². The molecule has 0 N–H and O–H groups in total. The van der Waals surface area contributed by atoms with E-state index >= 15 is 0 Å². The summed E-state index contributed by atoms with van der Waals surface area (Å²) in [4.78, 5) is 21.5. The van der Waals surface area contributed by atoms with Crippen molar-refractivity contribution >= 4 is 11.9 Å². The van der Waals surface area contributed by atoms with Crippen LogP contribution in [0.2, 0.25) is 0 Å². The van der Waals surface area contributed by atoms with Crippen LogP contribution in [-0.4, -0.2) is 52.3 Å². The zero-order valence-electron chi connectivity index (χ0n) is 14.7. The van der Waals surface area contributed by atoms with E-state index in [-0.39, 0.29) is 12.5 Å². The summed E-state index contributed by atoms with van der Waals surface area (Å²) in [6.07, 6.45) is 8.09. The number of aromatic nitrogens is 4. The van der Waals surface area contributed by atoms with Crippen molar-refractivity contribution in [3.63, 3.8) is 0 Å². The van der Waals surface area contributed by atoms with Gasteiger partial charge in [0.05, 0.1) is 0 Å². The largest absolute Gasteiger partial charge is 0.353 e. The van der Waals surface area contributed by atoms with Gasteiger partial charge < -0.3 is 9.47 Å². The van der Waals surface area contributed by atoms with Gasteiger partial charge in [0.15, 0.2) is 12.5 Å². The third-order valence-corrected chi connectivity index (χ3v) is 3.77. The van der Waals surface area contributed by atoms with Crippen LogP contribution in [0.4, 0.5) is 11.9 Å². The molecular weight excluding hydrogens is 320 g/mol. The van der Waals surface area contributed by atoms with Gasteiger partial charge in [-0.2, -0.15) is 0 Å². The summed E-state index contributed by atoms with van der Waals surface area (Å²) in [6, 6.07) is 3.59. The van der Waals surface area contributed by atoms with Gasteiger partial charge in [0.1, 0.15) is 6.67 Å². The Bertz CT molecular complexity index is 574. The van der Waals surface area contributed by atoms with E-state index in [2.05, 4.69) is 33.8 Å². The highest BCUT2D eigenvalue weighted by molar-refractivity contribution is 5.43. The molecular formula is C17H24N6O2. The Morgan fingerprint density at radius 3 is 1.56 bits per heavy atom. The second-order valence-electron chi connectivity index (χ2n) is 5.70. The van der Waals surface area contributed by atoms with Crippen LogP contribution in [0.25, 0.3) is 0 Å². The summed E-state index contributed by atoms with van der Waals surface area (Å²) >= 11 is 0. The zero-order valence-corrected chi connectivity index (χ0v) is 14.7. The van der Waals surface area contributed by atoms with Crippen molar-refractivity contribution in [2.45, 2.75) is 39.1 Å². The first-order valence-electron chi connectivity index (χ1n) is 8.65. The molecule has 0 saturated carbocycles. The van der Waals surface area contributed by atoms with Crippen LogP contribution in [-0.2, 0) is 9.47 Å². The summed E-state index contributed by atoms with van der Waals surface area (Å²) in [5, 5.41) is 0. The molecule has 1 aliphatic rings. The molecule has 2 atom stereocenters. The van der Waals surface area contributed by atoms with Gasteiger partial charge in [0.2, 0.25) is 11.9 Å². The lowest BCUT2D eigenvalue weighted by molar-refractivity contribution is -0.0546. The summed E-state index contributed by atoms with van der Waals surface area (Å²) in [5.41, 5.74) is 0. The maximum atomic E-state index is 6.10. The van der Waals surface area contributed by atoms with Crippen LogP contribution in [0.3, 0.4) is 0 Å². The average molecular weight is 344 g/mol. The summed E-state index contributed by atoms with van der Waals surface area (Å²) in [6.45, 7) is 5.92. The molecule has 3 heterocycles. The molecule has 8 nitrogen and oxygen atoms in total. The van der Waals surface area contributed by atoms with Gasteiger partial charge in [-0.3, -0.25) is 9.80 Å². The lowest BCUT2D eigenvalue weighted by Crippen LogP contribution is -2.42. The molecule has 8 heteroatoms. The summed E-state index contributed by atoms with van der Waals surface area (Å²) in [5.74, 6) is 1.21. The number of nitrogens with zero attached hydrogens (tertiary/aromatic N) is 6. The quantitative estimate of drug-likeness (QED) is 0.720. The monoisotopic (exact) mass is 344 g/mol. The fraction of sp³-hybridized carbons (Fsp3) is 0.529. The molecule has 0 bridgehead atoms. The van der Waals surface area contributed by atoms with Crippen LogP contribution < -0.4 is 9.80 Å². The minimum absolute atomic E-state index is 0.322. The minimum atomic E-state index is -0.322. The molecule has 0 spiro atoms. The van der Waals surface area contributed by atoms with Crippen LogP contribution in [0.5, 0.6) is 0 Å². The standard InChI is InChI=1S/C17H24N6O2/c1-3-11-24-14-15(25-12-4-2)23(17-20-9-6-10-21-17)13-22(14)16-18-7-5-8-19-16/h5-10,14-15H,3-4,11-13H2,1-2H3/t14-,15-/m1/s1. The van der Waals surface area contributed by atoms with E-state index in [1.165, 1.54) is 0 Å². The van der Waals surface area contributed by atoms with E-state index in [9.17, 15) is 0 Å². The Kier molecular flexibility index (Phi) is 6.08. The highest BCUT2D eigenvalue weighted by atomic mass is 16.6. The molecule has 0 unspecified atom stereocenters. The maximum Gasteiger partial charge on any atom is 0.228 e. The van der Waals surface area contributed by atoms with Crippen molar-refractivity contribution in [1.82, 2.24) is 19.9 Å². The van der Waals surface area contributed by atoms with Crippen molar-refractivity contribution in [3.8, 4) is 0 Å². The first kappa shape index (κ1) is 17.5. The SMILES string of the molecule is CCCO[C@@H]1[C@@H](OCCC)N(c2ncccn2)CN1c1ncccn1. The molecule has 0 aromatic carbocycles. The van der Waals surface area contributed by atoms with E-state index in [1.54, 1.807) is 36.9 Å². The molecule has 0 radical (unpaired) electrons. The van der Waals surface area contributed by atoms with Gasteiger partial charge in [-0.1, -0.05) is 13.8 Å². The number of ether oxygens (including phenoxy) is 2. The molecule has 0 aliphatic carbocycles. The van der Waals surface area contributed by atoms with Gasteiger partial charge in [-0.25, -0.2) is 19.9 Å². The second kappa shape index (κ2) is 8.68.